The average Bonchev–Trinajstić information content (AvgIpc) is 2.73. The first-order chi connectivity index (χ1) is 8.80. The van der Waals surface area contributed by atoms with Crippen LogP contribution in [0.4, 0.5) is 0 Å². The van der Waals surface area contributed by atoms with Crippen LogP contribution in [-0.4, -0.2) is 15.5 Å². The van der Waals surface area contributed by atoms with Crippen molar-refractivity contribution in [2.75, 3.05) is 0 Å². The van der Waals surface area contributed by atoms with Crippen LogP contribution >= 0.6 is 0 Å². The third kappa shape index (κ3) is 2.55. The van der Waals surface area contributed by atoms with Crippen molar-refractivity contribution in [3.8, 4) is 5.75 Å². The largest absolute Gasteiger partial charge is 0.508 e. The van der Waals surface area contributed by atoms with Gasteiger partial charge in [-0.25, -0.2) is 0 Å². The minimum atomic E-state index is -0.200. The number of phenolic OH excluding ortho intramolecular Hbond substituents is 1. The molecule has 1 aromatic carbocycles. The lowest BCUT2D eigenvalue weighted by Gasteiger charge is -2.21. The fourth-order valence-corrected chi connectivity index (χ4v) is 2.12. The number of ketones is 1. The number of hydrogen-bond donors (Lipinski definition) is 1. The van der Waals surface area contributed by atoms with E-state index in [4.69, 9.17) is 0 Å². The van der Waals surface area contributed by atoms with E-state index < -0.39 is 0 Å². The summed E-state index contributed by atoms with van der Waals surface area (Å²) in [6, 6.07) is 8.69. The van der Waals surface area contributed by atoms with Crippen molar-refractivity contribution in [3.05, 3.63) is 53.3 Å². The third-order valence-corrected chi connectivity index (χ3v) is 3.24. The van der Waals surface area contributed by atoms with Gasteiger partial charge in [-0.15, -0.1) is 0 Å². The van der Waals surface area contributed by atoms with Crippen molar-refractivity contribution in [2.24, 2.45) is 7.05 Å². The van der Waals surface area contributed by atoms with E-state index >= 15 is 0 Å². The van der Waals surface area contributed by atoms with Crippen LogP contribution in [0.3, 0.4) is 0 Å². The minimum absolute atomic E-state index is 0.0296. The molecule has 0 unspecified atom stereocenters. The summed E-state index contributed by atoms with van der Waals surface area (Å²) < 4.78 is 1.80. The number of nitrogens with zero attached hydrogens (tertiary/aromatic N) is 1. The molecule has 3 nitrogen and oxygen atoms in total. The number of benzene rings is 1. The maximum atomic E-state index is 12.4. The smallest absolute Gasteiger partial charge is 0.209 e. The Balaban J connectivity index is 2.48. The fraction of sp³-hybridized carbons (Fsp3) is 0.312. The molecule has 0 bridgehead atoms. The summed E-state index contributed by atoms with van der Waals surface area (Å²) in [4.78, 5) is 12.4. The van der Waals surface area contributed by atoms with Gasteiger partial charge in [0.05, 0.1) is 5.69 Å². The molecule has 100 valence electrons. The second kappa shape index (κ2) is 4.57. The highest BCUT2D eigenvalue weighted by Gasteiger charge is 2.21. The monoisotopic (exact) mass is 257 g/mol. The van der Waals surface area contributed by atoms with Crippen LogP contribution in [0.15, 0.2) is 36.5 Å². The summed E-state index contributed by atoms with van der Waals surface area (Å²) in [6.07, 6.45) is 1.85. The van der Waals surface area contributed by atoms with E-state index in [2.05, 4.69) is 0 Å². The first kappa shape index (κ1) is 13.4. The van der Waals surface area contributed by atoms with Gasteiger partial charge >= 0.3 is 0 Å². The lowest BCUT2D eigenvalue weighted by Crippen LogP contribution is -2.14. The second-order valence-electron chi connectivity index (χ2n) is 5.82. The summed E-state index contributed by atoms with van der Waals surface area (Å²) in [5, 5.41) is 9.92. The maximum Gasteiger partial charge on any atom is 0.209 e. The lowest BCUT2D eigenvalue weighted by atomic mass is 9.85. The number of hydrogen-bond acceptors (Lipinski definition) is 2. The van der Waals surface area contributed by atoms with Gasteiger partial charge in [0.1, 0.15) is 5.75 Å². The van der Waals surface area contributed by atoms with Gasteiger partial charge in [0.25, 0.3) is 0 Å². The molecule has 3 heteroatoms. The van der Waals surface area contributed by atoms with Crippen LogP contribution < -0.4 is 0 Å². The van der Waals surface area contributed by atoms with E-state index in [1.54, 1.807) is 28.8 Å². The van der Waals surface area contributed by atoms with Gasteiger partial charge in [0.15, 0.2) is 0 Å². The van der Waals surface area contributed by atoms with Crippen molar-refractivity contribution >= 4 is 5.78 Å². The number of aromatic hydroxyl groups is 1. The normalized spacial score (nSPS) is 11.6. The molecule has 0 radical (unpaired) electrons. The number of aryl methyl sites for hydroxylation is 1. The summed E-state index contributed by atoms with van der Waals surface area (Å²) >= 11 is 0. The molecule has 0 saturated heterocycles. The van der Waals surface area contributed by atoms with Crippen LogP contribution in [0.1, 0.15) is 42.4 Å². The Morgan fingerprint density at radius 1 is 1.21 bits per heavy atom. The molecular formula is C16H19NO2. The van der Waals surface area contributed by atoms with Gasteiger partial charge in [-0.2, -0.15) is 0 Å². The summed E-state index contributed by atoms with van der Waals surface area (Å²) in [7, 11) is 1.85. The van der Waals surface area contributed by atoms with Crippen molar-refractivity contribution in [3.63, 3.8) is 0 Å². The standard InChI is InChI=1S/C16H19NO2/c1-16(2,3)12-10-11(7-8-14(12)18)15(19)13-6-5-9-17(13)4/h5-10,18H,1-4H3. The molecule has 19 heavy (non-hydrogen) atoms. The predicted octanol–water partition coefficient (Wildman–Crippen LogP) is 3.26. The highest BCUT2D eigenvalue weighted by atomic mass is 16.3. The molecule has 2 rings (SSSR count). The topological polar surface area (TPSA) is 42.2 Å². The van der Waals surface area contributed by atoms with E-state index in [-0.39, 0.29) is 16.9 Å². The first-order valence-electron chi connectivity index (χ1n) is 6.30. The number of phenols is 1. The Hall–Kier alpha value is -2.03. The summed E-state index contributed by atoms with van der Waals surface area (Å²) in [5.41, 5.74) is 1.83. The third-order valence-electron chi connectivity index (χ3n) is 3.24. The Morgan fingerprint density at radius 2 is 1.89 bits per heavy atom. The zero-order valence-corrected chi connectivity index (χ0v) is 11.8. The zero-order chi connectivity index (χ0) is 14.2. The molecule has 2 aromatic rings. The molecule has 1 N–H and O–H groups in total. The maximum absolute atomic E-state index is 12.4. The summed E-state index contributed by atoms with van der Waals surface area (Å²) in [5.74, 6) is 0.203. The van der Waals surface area contributed by atoms with Gasteiger partial charge in [-0.05, 0) is 41.3 Å². The zero-order valence-electron chi connectivity index (χ0n) is 11.8. The Kier molecular flexibility index (Phi) is 3.23. The fourth-order valence-electron chi connectivity index (χ4n) is 2.12. The van der Waals surface area contributed by atoms with E-state index in [0.29, 0.717) is 11.3 Å². The van der Waals surface area contributed by atoms with E-state index in [1.807, 2.05) is 40.1 Å². The molecule has 0 saturated carbocycles. The van der Waals surface area contributed by atoms with Crippen LogP contribution in [0.5, 0.6) is 5.75 Å². The second-order valence-corrected chi connectivity index (χ2v) is 5.82. The number of aromatic nitrogens is 1. The Bertz CT molecular complexity index is 618. The van der Waals surface area contributed by atoms with Crippen LogP contribution in [0.2, 0.25) is 0 Å². The van der Waals surface area contributed by atoms with Crippen molar-refractivity contribution < 1.29 is 9.90 Å². The SMILES string of the molecule is Cn1cccc1C(=O)c1ccc(O)c(C(C)(C)C)c1. The van der Waals surface area contributed by atoms with Crippen LogP contribution in [-0.2, 0) is 12.5 Å². The summed E-state index contributed by atoms with van der Waals surface area (Å²) in [6.45, 7) is 6.04. The lowest BCUT2D eigenvalue weighted by molar-refractivity contribution is 0.103. The van der Waals surface area contributed by atoms with Crippen molar-refractivity contribution in [2.45, 2.75) is 26.2 Å². The van der Waals surface area contributed by atoms with E-state index in [1.165, 1.54) is 0 Å². The van der Waals surface area contributed by atoms with E-state index in [9.17, 15) is 9.90 Å². The highest BCUT2D eigenvalue weighted by Crippen LogP contribution is 2.31. The van der Waals surface area contributed by atoms with Gasteiger partial charge in [-0.1, -0.05) is 20.8 Å². The van der Waals surface area contributed by atoms with Crippen molar-refractivity contribution in [1.82, 2.24) is 4.57 Å². The predicted molar refractivity (Wildman–Crippen MR) is 75.7 cm³/mol. The molecule has 0 aliphatic heterocycles. The number of carbonyl (C=O) groups is 1. The Morgan fingerprint density at radius 3 is 2.42 bits per heavy atom. The molecule has 0 aliphatic carbocycles. The minimum Gasteiger partial charge on any atom is -0.508 e. The van der Waals surface area contributed by atoms with Gasteiger partial charge < -0.3 is 9.67 Å². The molecule has 0 spiro atoms. The Labute approximate surface area is 113 Å². The number of rotatable bonds is 2. The quantitative estimate of drug-likeness (QED) is 0.839. The van der Waals surface area contributed by atoms with E-state index in [0.717, 1.165) is 5.56 Å². The molecule has 0 aliphatic rings. The molecule has 0 amide bonds. The first-order valence-corrected chi connectivity index (χ1v) is 6.30. The molecular weight excluding hydrogens is 238 g/mol. The number of carbonyl (C=O) groups excluding carboxylic acids is 1. The van der Waals surface area contributed by atoms with Gasteiger partial charge in [0.2, 0.25) is 5.78 Å². The molecule has 1 aromatic heterocycles. The van der Waals surface area contributed by atoms with Crippen LogP contribution in [0.25, 0.3) is 0 Å². The highest BCUT2D eigenvalue weighted by molar-refractivity contribution is 6.08. The van der Waals surface area contributed by atoms with Gasteiger partial charge in [-0.3, -0.25) is 4.79 Å². The molecule has 0 fully saturated rings. The molecule has 1 heterocycles. The average molecular weight is 257 g/mol. The van der Waals surface area contributed by atoms with Gasteiger partial charge in [0, 0.05) is 18.8 Å². The van der Waals surface area contributed by atoms with Crippen LogP contribution in [0, 0.1) is 0 Å². The van der Waals surface area contributed by atoms with Crippen molar-refractivity contribution in [1.29, 1.82) is 0 Å². The molecule has 0 atom stereocenters.